The Morgan fingerprint density at radius 2 is 1.79 bits per heavy atom. The van der Waals surface area contributed by atoms with Crippen molar-refractivity contribution in [2.75, 3.05) is 0 Å². The lowest BCUT2D eigenvalue weighted by molar-refractivity contribution is 0.0696. The summed E-state index contributed by atoms with van der Waals surface area (Å²) in [6.07, 6.45) is 0. The molecule has 0 atom stereocenters. The standard InChI is InChI=1S/C7H8O6S/c8-5-3-4(7(9)10)1-2-6(5)14(11,12)13/h1-3,8,11-13H,(H,9,10). The molecule has 0 aliphatic carbocycles. The summed E-state index contributed by atoms with van der Waals surface area (Å²) in [6.45, 7) is 0. The molecule has 1 aromatic carbocycles. The molecule has 0 saturated carbocycles. The van der Waals surface area contributed by atoms with Gasteiger partial charge in [0.15, 0.2) is 0 Å². The number of hydrogen-bond acceptors (Lipinski definition) is 5. The molecule has 0 aliphatic rings. The quantitative estimate of drug-likeness (QED) is 0.517. The number of hydrogen-bond donors (Lipinski definition) is 5. The van der Waals surface area contributed by atoms with Crippen LogP contribution in [-0.2, 0) is 0 Å². The van der Waals surface area contributed by atoms with Gasteiger partial charge in [-0.15, -0.1) is 0 Å². The topological polar surface area (TPSA) is 118 Å². The Morgan fingerprint density at radius 3 is 2.14 bits per heavy atom. The lowest BCUT2D eigenvalue weighted by Crippen LogP contribution is -2.00. The summed E-state index contributed by atoms with van der Waals surface area (Å²) < 4.78 is 26.4. The fourth-order valence-electron chi connectivity index (χ4n) is 0.882. The van der Waals surface area contributed by atoms with Gasteiger partial charge in [0, 0.05) is 0 Å². The number of carboxylic acids is 1. The second-order valence-electron chi connectivity index (χ2n) is 2.51. The predicted molar refractivity (Wildman–Crippen MR) is 48.8 cm³/mol. The zero-order chi connectivity index (χ0) is 10.9. The van der Waals surface area contributed by atoms with Crippen molar-refractivity contribution >= 4 is 16.8 Å². The largest absolute Gasteiger partial charge is 0.507 e. The third kappa shape index (κ3) is 2.15. The highest BCUT2D eigenvalue weighted by molar-refractivity contribution is 8.19. The molecule has 0 saturated heterocycles. The van der Waals surface area contributed by atoms with Crippen LogP contribution in [0.25, 0.3) is 0 Å². The highest BCUT2D eigenvalue weighted by Crippen LogP contribution is 2.48. The number of aromatic carboxylic acids is 1. The van der Waals surface area contributed by atoms with Gasteiger partial charge < -0.3 is 23.9 Å². The molecule has 0 aliphatic heterocycles. The van der Waals surface area contributed by atoms with E-state index in [4.69, 9.17) is 23.9 Å². The molecule has 0 aromatic heterocycles. The van der Waals surface area contributed by atoms with Crippen LogP contribution in [0.2, 0.25) is 0 Å². The van der Waals surface area contributed by atoms with E-state index in [9.17, 15) is 4.79 Å². The first kappa shape index (κ1) is 10.8. The number of benzene rings is 1. The Balaban J connectivity index is 3.21. The molecular formula is C7H8O6S. The molecular weight excluding hydrogens is 212 g/mol. The molecule has 0 fully saturated rings. The van der Waals surface area contributed by atoms with Gasteiger partial charge >= 0.3 is 5.97 Å². The normalized spacial score (nSPS) is 12.5. The van der Waals surface area contributed by atoms with Crippen molar-refractivity contribution < 1.29 is 28.7 Å². The smallest absolute Gasteiger partial charge is 0.335 e. The molecule has 0 radical (unpaired) electrons. The monoisotopic (exact) mass is 220 g/mol. The average molecular weight is 220 g/mol. The van der Waals surface area contributed by atoms with Gasteiger partial charge in [-0.2, -0.15) is 0 Å². The molecule has 6 nitrogen and oxygen atoms in total. The van der Waals surface area contributed by atoms with E-state index >= 15 is 0 Å². The van der Waals surface area contributed by atoms with Crippen molar-refractivity contribution in [3.8, 4) is 5.75 Å². The van der Waals surface area contributed by atoms with Crippen LogP contribution in [-0.4, -0.2) is 29.8 Å². The van der Waals surface area contributed by atoms with Crippen LogP contribution in [0.3, 0.4) is 0 Å². The number of phenols is 1. The van der Waals surface area contributed by atoms with E-state index in [0.717, 1.165) is 18.2 Å². The first-order valence-corrected chi connectivity index (χ1v) is 4.89. The maximum absolute atomic E-state index is 10.4. The Labute approximate surface area is 80.6 Å². The van der Waals surface area contributed by atoms with Gasteiger partial charge in [-0.25, -0.2) is 4.79 Å². The first-order valence-electron chi connectivity index (χ1n) is 3.39. The van der Waals surface area contributed by atoms with Gasteiger partial charge in [-0.3, -0.25) is 0 Å². The van der Waals surface area contributed by atoms with E-state index < -0.39 is 27.5 Å². The molecule has 0 spiro atoms. The molecule has 0 heterocycles. The number of phenolic OH excluding ortho intramolecular Hbond substituents is 1. The van der Waals surface area contributed by atoms with Crippen LogP contribution in [0, 0.1) is 0 Å². The van der Waals surface area contributed by atoms with Crippen LogP contribution >= 0.6 is 10.9 Å². The Morgan fingerprint density at radius 1 is 1.21 bits per heavy atom. The lowest BCUT2D eigenvalue weighted by Gasteiger charge is -2.20. The van der Waals surface area contributed by atoms with Crippen LogP contribution in [0.15, 0.2) is 23.1 Å². The van der Waals surface area contributed by atoms with E-state index in [1.165, 1.54) is 0 Å². The first-order chi connectivity index (χ1) is 6.32. The molecule has 7 heteroatoms. The molecule has 14 heavy (non-hydrogen) atoms. The Bertz CT molecular complexity index is 369. The summed E-state index contributed by atoms with van der Waals surface area (Å²) >= 11 is 0. The average Bonchev–Trinajstić information content (AvgIpc) is 2.01. The highest BCUT2D eigenvalue weighted by Gasteiger charge is 2.21. The van der Waals surface area contributed by atoms with Crippen molar-refractivity contribution in [1.82, 2.24) is 0 Å². The molecule has 5 N–H and O–H groups in total. The third-order valence-electron chi connectivity index (χ3n) is 1.50. The van der Waals surface area contributed by atoms with E-state index in [1.54, 1.807) is 0 Å². The molecule has 78 valence electrons. The second kappa shape index (κ2) is 3.46. The zero-order valence-electron chi connectivity index (χ0n) is 6.78. The van der Waals surface area contributed by atoms with Gasteiger partial charge in [0.1, 0.15) is 21.5 Å². The second-order valence-corrected chi connectivity index (χ2v) is 3.98. The lowest BCUT2D eigenvalue weighted by atomic mass is 10.2. The Hall–Kier alpha value is -1.28. The van der Waals surface area contributed by atoms with Crippen LogP contribution in [0.1, 0.15) is 10.4 Å². The van der Waals surface area contributed by atoms with Crippen molar-refractivity contribution in [2.45, 2.75) is 4.90 Å². The van der Waals surface area contributed by atoms with Gasteiger partial charge in [0.2, 0.25) is 0 Å². The summed E-state index contributed by atoms with van der Waals surface area (Å²) in [5.41, 5.74) is -0.213. The maximum Gasteiger partial charge on any atom is 0.335 e. The van der Waals surface area contributed by atoms with Crippen molar-refractivity contribution in [3.63, 3.8) is 0 Å². The number of carboxylic acid groups (broad SMARTS) is 1. The van der Waals surface area contributed by atoms with Crippen molar-refractivity contribution in [1.29, 1.82) is 0 Å². The third-order valence-corrected chi connectivity index (χ3v) is 2.44. The molecule has 0 unspecified atom stereocenters. The van der Waals surface area contributed by atoms with E-state index in [2.05, 4.69) is 0 Å². The maximum atomic E-state index is 10.4. The highest BCUT2D eigenvalue weighted by atomic mass is 32.3. The minimum Gasteiger partial charge on any atom is -0.507 e. The Kier molecular flexibility index (Phi) is 2.67. The van der Waals surface area contributed by atoms with E-state index in [-0.39, 0.29) is 5.56 Å². The fraction of sp³-hybridized carbons (Fsp3) is 0. The van der Waals surface area contributed by atoms with Gasteiger partial charge in [-0.1, -0.05) is 0 Å². The fourth-order valence-corrected chi connectivity index (χ4v) is 1.47. The molecule has 1 aromatic rings. The SMILES string of the molecule is O=C(O)c1ccc(S(O)(O)O)c(O)c1. The van der Waals surface area contributed by atoms with E-state index in [1.807, 2.05) is 0 Å². The predicted octanol–water partition coefficient (Wildman–Crippen LogP) is 1.67. The van der Waals surface area contributed by atoms with Crippen LogP contribution < -0.4 is 0 Å². The number of rotatable bonds is 2. The van der Waals surface area contributed by atoms with Crippen LogP contribution in [0.5, 0.6) is 5.75 Å². The summed E-state index contributed by atoms with van der Waals surface area (Å²) in [5.74, 6) is -1.94. The van der Waals surface area contributed by atoms with Gasteiger partial charge in [-0.05, 0) is 18.2 Å². The summed E-state index contributed by atoms with van der Waals surface area (Å²) in [4.78, 5) is 9.92. The molecule has 1 rings (SSSR count). The number of aromatic hydroxyl groups is 1. The van der Waals surface area contributed by atoms with Crippen molar-refractivity contribution in [3.05, 3.63) is 23.8 Å². The summed E-state index contributed by atoms with van der Waals surface area (Å²) in [6, 6.07) is 2.80. The minimum atomic E-state index is -4.02. The molecule has 0 bridgehead atoms. The number of carbonyl (C=O) groups is 1. The molecule has 0 amide bonds. The van der Waals surface area contributed by atoms with Gasteiger partial charge in [0.25, 0.3) is 0 Å². The van der Waals surface area contributed by atoms with Crippen molar-refractivity contribution in [2.24, 2.45) is 0 Å². The minimum absolute atomic E-state index is 0.213. The zero-order valence-corrected chi connectivity index (χ0v) is 7.60. The van der Waals surface area contributed by atoms with Gasteiger partial charge in [0.05, 0.1) is 5.56 Å². The van der Waals surface area contributed by atoms with Crippen LogP contribution in [0.4, 0.5) is 0 Å². The van der Waals surface area contributed by atoms with E-state index in [0.29, 0.717) is 0 Å². The summed E-state index contributed by atoms with van der Waals surface area (Å²) in [7, 11) is -4.02. The summed E-state index contributed by atoms with van der Waals surface area (Å²) in [5, 5.41) is 17.7.